The first kappa shape index (κ1) is 18.3. The van der Waals surface area contributed by atoms with E-state index >= 15 is 0 Å². The zero-order valence-electron chi connectivity index (χ0n) is 15.4. The molecule has 0 saturated heterocycles. The third-order valence-electron chi connectivity index (χ3n) is 4.40. The third kappa shape index (κ3) is 3.87. The minimum absolute atomic E-state index is 0.0248. The number of phenols is 1. The maximum Gasteiger partial charge on any atom is 0.193 e. The van der Waals surface area contributed by atoms with Gasteiger partial charge in [0.05, 0.1) is 0 Å². The summed E-state index contributed by atoms with van der Waals surface area (Å²) in [5, 5.41) is 10.5. The van der Waals surface area contributed by atoms with E-state index in [0.717, 1.165) is 29.5 Å². The largest absolute Gasteiger partial charge is 0.507 e. The van der Waals surface area contributed by atoms with E-state index in [9.17, 15) is 9.90 Å². The molecule has 2 rings (SSSR count). The summed E-state index contributed by atoms with van der Waals surface area (Å²) < 4.78 is 0. The number of phenolic OH excluding ortho intramolecular Hbond substituents is 1. The molecule has 0 unspecified atom stereocenters. The Balaban J connectivity index is 2.51. The van der Waals surface area contributed by atoms with Gasteiger partial charge in [-0.3, -0.25) is 4.79 Å². The van der Waals surface area contributed by atoms with Crippen molar-refractivity contribution >= 4 is 5.78 Å². The molecule has 0 aliphatic carbocycles. The van der Waals surface area contributed by atoms with E-state index in [1.165, 1.54) is 5.56 Å². The topological polar surface area (TPSA) is 37.3 Å². The standard InChI is InChI=1S/C22H28O2/c1-6-8-16-9-7-10-17(11-16)21(23)18-12-19(14(2)3)22(24)20(13-18)15(4)5/h7,9-15,24H,6,8H2,1-5H3. The van der Waals surface area contributed by atoms with Gasteiger partial charge in [0.25, 0.3) is 0 Å². The second-order valence-corrected chi connectivity index (χ2v) is 7.09. The Morgan fingerprint density at radius 2 is 1.54 bits per heavy atom. The summed E-state index contributed by atoms with van der Waals surface area (Å²) in [6.45, 7) is 10.3. The predicted molar refractivity (Wildman–Crippen MR) is 100 cm³/mol. The predicted octanol–water partition coefficient (Wildman–Crippen LogP) is 5.82. The lowest BCUT2D eigenvalue weighted by Crippen LogP contribution is -2.06. The van der Waals surface area contributed by atoms with Crippen molar-refractivity contribution in [3.05, 3.63) is 64.2 Å². The first-order valence-electron chi connectivity index (χ1n) is 8.85. The molecule has 0 atom stereocenters. The van der Waals surface area contributed by atoms with E-state index < -0.39 is 0 Å². The Labute approximate surface area is 145 Å². The number of hydrogen-bond donors (Lipinski definition) is 1. The molecule has 0 saturated carbocycles. The van der Waals surface area contributed by atoms with Crippen LogP contribution in [-0.2, 0) is 6.42 Å². The highest BCUT2D eigenvalue weighted by atomic mass is 16.3. The first-order chi connectivity index (χ1) is 11.3. The second-order valence-electron chi connectivity index (χ2n) is 7.09. The lowest BCUT2D eigenvalue weighted by Gasteiger charge is -2.17. The highest BCUT2D eigenvalue weighted by Crippen LogP contribution is 2.35. The van der Waals surface area contributed by atoms with E-state index in [1.807, 2.05) is 58.0 Å². The van der Waals surface area contributed by atoms with Crippen LogP contribution in [0.5, 0.6) is 5.75 Å². The molecule has 0 spiro atoms. The van der Waals surface area contributed by atoms with Gasteiger partial charge in [-0.2, -0.15) is 0 Å². The lowest BCUT2D eigenvalue weighted by atomic mass is 9.89. The van der Waals surface area contributed by atoms with Crippen molar-refractivity contribution < 1.29 is 9.90 Å². The Hall–Kier alpha value is -2.09. The molecule has 2 aromatic rings. The van der Waals surface area contributed by atoms with Gasteiger partial charge in [-0.1, -0.05) is 59.2 Å². The van der Waals surface area contributed by atoms with Crippen molar-refractivity contribution in [2.24, 2.45) is 0 Å². The van der Waals surface area contributed by atoms with Gasteiger partial charge in [0.15, 0.2) is 5.78 Å². The Morgan fingerprint density at radius 3 is 2.04 bits per heavy atom. The van der Waals surface area contributed by atoms with Gasteiger partial charge in [0.1, 0.15) is 5.75 Å². The normalized spacial score (nSPS) is 11.3. The molecule has 0 radical (unpaired) electrons. The average Bonchev–Trinajstić information content (AvgIpc) is 2.54. The summed E-state index contributed by atoms with van der Waals surface area (Å²) in [4.78, 5) is 13.0. The maximum absolute atomic E-state index is 13.0. The van der Waals surface area contributed by atoms with Crippen molar-refractivity contribution in [2.45, 2.75) is 59.3 Å². The molecule has 128 valence electrons. The molecule has 0 amide bonds. The van der Waals surface area contributed by atoms with Crippen LogP contribution in [-0.4, -0.2) is 10.9 Å². The van der Waals surface area contributed by atoms with Crippen molar-refractivity contribution in [3.8, 4) is 5.75 Å². The van der Waals surface area contributed by atoms with Crippen molar-refractivity contribution in [1.82, 2.24) is 0 Å². The van der Waals surface area contributed by atoms with Crippen molar-refractivity contribution in [2.75, 3.05) is 0 Å². The van der Waals surface area contributed by atoms with Gasteiger partial charge in [-0.05, 0) is 53.1 Å². The molecular weight excluding hydrogens is 296 g/mol. The van der Waals surface area contributed by atoms with Crippen molar-refractivity contribution in [3.63, 3.8) is 0 Å². The number of aryl methyl sites for hydroxylation is 1. The summed E-state index contributed by atoms with van der Waals surface area (Å²) in [6.07, 6.45) is 2.04. The number of rotatable bonds is 6. The third-order valence-corrected chi connectivity index (χ3v) is 4.40. The zero-order valence-corrected chi connectivity index (χ0v) is 15.4. The van der Waals surface area contributed by atoms with Gasteiger partial charge in [0.2, 0.25) is 0 Å². The summed E-state index contributed by atoms with van der Waals surface area (Å²) in [7, 11) is 0. The SMILES string of the molecule is CCCc1cccc(C(=O)c2cc(C(C)C)c(O)c(C(C)C)c2)c1. The molecule has 2 nitrogen and oxygen atoms in total. The average molecular weight is 324 g/mol. The molecule has 0 heterocycles. The smallest absolute Gasteiger partial charge is 0.193 e. The minimum Gasteiger partial charge on any atom is -0.507 e. The molecular formula is C22H28O2. The van der Waals surface area contributed by atoms with Crippen LogP contribution >= 0.6 is 0 Å². The van der Waals surface area contributed by atoms with Gasteiger partial charge in [-0.25, -0.2) is 0 Å². The summed E-state index contributed by atoms with van der Waals surface area (Å²) in [6, 6.07) is 11.6. The van der Waals surface area contributed by atoms with Crippen molar-refractivity contribution in [1.29, 1.82) is 0 Å². The fraction of sp³-hybridized carbons (Fsp3) is 0.409. The van der Waals surface area contributed by atoms with Crippen LogP contribution in [0.4, 0.5) is 0 Å². The van der Waals surface area contributed by atoms with Crippen LogP contribution in [0.3, 0.4) is 0 Å². The minimum atomic E-state index is 0.0248. The first-order valence-corrected chi connectivity index (χ1v) is 8.85. The van der Waals surface area contributed by atoms with Crippen LogP contribution in [0, 0.1) is 0 Å². The van der Waals surface area contributed by atoms with Gasteiger partial charge in [-0.15, -0.1) is 0 Å². The highest BCUT2D eigenvalue weighted by Gasteiger charge is 2.19. The Morgan fingerprint density at radius 1 is 0.958 bits per heavy atom. The molecule has 0 aliphatic heterocycles. The molecule has 0 fully saturated rings. The van der Waals surface area contributed by atoms with E-state index in [-0.39, 0.29) is 17.6 Å². The van der Waals surface area contributed by atoms with E-state index in [0.29, 0.717) is 11.3 Å². The summed E-state index contributed by atoms with van der Waals surface area (Å²) >= 11 is 0. The number of carbonyl (C=O) groups is 1. The van der Waals surface area contributed by atoms with Gasteiger partial charge in [0, 0.05) is 11.1 Å². The summed E-state index contributed by atoms with van der Waals surface area (Å²) in [5.41, 5.74) is 4.25. The fourth-order valence-corrected chi connectivity index (χ4v) is 3.01. The second kappa shape index (κ2) is 7.65. The fourth-order valence-electron chi connectivity index (χ4n) is 3.01. The van der Waals surface area contributed by atoms with E-state index in [1.54, 1.807) is 0 Å². The Kier molecular flexibility index (Phi) is 5.82. The lowest BCUT2D eigenvalue weighted by molar-refractivity contribution is 0.103. The van der Waals surface area contributed by atoms with Gasteiger partial charge >= 0.3 is 0 Å². The van der Waals surface area contributed by atoms with Crippen LogP contribution in [0.25, 0.3) is 0 Å². The maximum atomic E-state index is 13.0. The zero-order chi connectivity index (χ0) is 17.9. The molecule has 0 bridgehead atoms. The van der Waals surface area contributed by atoms with Crippen LogP contribution in [0.1, 0.15) is 85.5 Å². The number of aromatic hydroxyl groups is 1. The monoisotopic (exact) mass is 324 g/mol. The molecule has 2 heteroatoms. The highest BCUT2D eigenvalue weighted by molar-refractivity contribution is 6.09. The van der Waals surface area contributed by atoms with E-state index in [2.05, 4.69) is 13.0 Å². The summed E-state index contributed by atoms with van der Waals surface area (Å²) in [5.74, 6) is 0.691. The molecule has 1 N–H and O–H groups in total. The number of benzene rings is 2. The molecule has 24 heavy (non-hydrogen) atoms. The molecule has 2 aromatic carbocycles. The van der Waals surface area contributed by atoms with Crippen LogP contribution in [0.15, 0.2) is 36.4 Å². The molecule has 0 aliphatic rings. The number of ketones is 1. The molecule has 0 aromatic heterocycles. The van der Waals surface area contributed by atoms with E-state index in [4.69, 9.17) is 0 Å². The van der Waals surface area contributed by atoms with Gasteiger partial charge < -0.3 is 5.11 Å². The number of hydrogen-bond acceptors (Lipinski definition) is 2. The van der Waals surface area contributed by atoms with Crippen LogP contribution < -0.4 is 0 Å². The quantitative estimate of drug-likeness (QED) is 0.679. The number of carbonyl (C=O) groups excluding carboxylic acids is 1. The Bertz CT molecular complexity index is 697. The van der Waals surface area contributed by atoms with Crippen LogP contribution in [0.2, 0.25) is 0 Å².